The lowest BCUT2D eigenvalue weighted by molar-refractivity contribution is 0.303. The smallest absolute Gasteiger partial charge is 0.152 e. The zero-order chi connectivity index (χ0) is 46.3. The van der Waals surface area contributed by atoms with Gasteiger partial charge >= 0.3 is 0 Å². The van der Waals surface area contributed by atoms with E-state index in [-0.39, 0.29) is 47.4 Å². The van der Waals surface area contributed by atoms with Crippen LogP contribution in [0.5, 0.6) is 23.0 Å². The second-order valence-corrected chi connectivity index (χ2v) is 17.6. The minimum atomic E-state index is -0.111. The van der Waals surface area contributed by atoms with Crippen LogP contribution in [0.15, 0.2) is 163 Å². The highest BCUT2D eigenvalue weighted by molar-refractivity contribution is 7.98. The molecule has 0 saturated carbocycles. The first-order valence-electron chi connectivity index (χ1n) is 20.0. The Morgan fingerprint density at radius 3 is 1.42 bits per heavy atom. The molecule has 0 bridgehead atoms. The summed E-state index contributed by atoms with van der Waals surface area (Å²) in [5.74, 6) is 0.530. The maximum atomic E-state index is 9.63. The van der Waals surface area contributed by atoms with E-state index in [4.69, 9.17) is 74.3 Å². The fourth-order valence-corrected chi connectivity index (χ4v) is 8.19. The van der Waals surface area contributed by atoms with Crippen LogP contribution in [0.1, 0.15) is 22.3 Å². The van der Waals surface area contributed by atoms with E-state index in [1.54, 1.807) is 48.2 Å². The summed E-state index contributed by atoms with van der Waals surface area (Å²) in [7, 11) is 0. The Kier molecular flexibility index (Phi) is 18.4. The van der Waals surface area contributed by atoms with E-state index in [1.807, 2.05) is 79.1 Å². The lowest BCUT2D eigenvalue weighted by Crippen LogP contribution is -2.03. The van der Waals surface area contributed by atoms with E-state index in [0.717, 1.165) is 39.5 Å². The van der Waals surface area contributed by atoms with Gasteiger partial charge in [-0.15, -0.1) is 11.8 Å². The van der Waals surface area contributed by atoms with E-state index >= 15 is 0 Å². The molecule has 0 radical (unpaired) electrons. The van der Waals surface area contributed by atoms with Gasteiger partial charge in [0.15, 0.2) is 17.2 Å². The molecule has 6 N–H and O–H groups in total. The zero-order valence-corrected chi connectivity index (χ0v) is 40.1. The number of nitrogens with one attached hydrogen (secondary N) is 3. The van der Waals surface area contributed by atoms with Gasteiger partial charge in [0, 0.05) is 47.2 Å². The van der Waals surface area contributed by atoms with Gasteiger partial charge in [-0.1, -0.05) is 173 Å². The molecule has 8 aromatic rings. The zero-order valence-electron chi connectivity index (χ0n) is 34.8. The predicted octanol–water partition coefficient (Wildman–Crippen LogP) is 16.4. The summed E-state index contributed by atoms with van der Waals surface area (Å²) in [5, 5.41) is 42.2. The summed E-state index contributed by atoms with van der Waals surface area (Å²) in [6.45, 7) is 2.38. The van der Waals surface area contributed by atoms with Crippen molar-refractivity contribution < 1.29 is 20.1 Å². The highest BCUT2D eigenvalue weighted by atomic mass is 35.5. The van der Waals surface area contributed by atoms with Gasteiger partial charge in [-0.3, -0.25) is 0 Å². The van der Waals surface area contributed by atoms with Crippen molar-refractivity contribution in [3.8, 4) is 23.0 Å². The van der Waals surface area contributed by atoms with Gasteiger partial charge in [0.25, 0.3) is 0 Å². The minimum Gasteiger partial charge on any atom is -0.505 e. The average molecular weight is 1010 g/mol. The quantitative estimate of drug-likeness (QED) is 0.0501. The van der Waals surface area contributed by atoms with Gasteiger partial charge in [0.05, 0.1) is 30.1 Å². The third-order valence-electron chi connectivity index (χ3n) is 9.76. The lowest BCUT2D eigenvalue weighted by atomic mass is 10.0. The number of benzene rings is 8. The molecule has 334 valence electrons. The van der Waals surface area contributed by atoms with E-state index in [2.05, 4.69) is 64.5 Å². The molecule has 0 aliphatic carbocycles. The van der Waals surface area contributed by atoms with Crippen LogP contribution < -0.4 is 20.7 Å². The number of para-hydroxylation sites is 1. The van der Waals surface area contributed by atoms with Crippen molar-refractivity contribution in [3.63, 3.8) is 0 Å². The number of hydrogen-bond donors (Lipinski definition) is 6. The average Bonchev–Trinajstić information content (AvgIpc) is 3.32. The van der Waals surface area contributed by atoms with Crippen molar-refractivity contribution in [1.82, 2.24) is 0 Å². The maximum absolute atomic E-state index is 9.63. The van der Waals surface area contributed by atoms with Crippen LogP contribution in [0, 0.1) is 0 Å². The van der Waals surface area contributed by atoms with E-state index in [1.165, 1.54) is 21.2 Å². The molecule has 0 saturated heterocycles. The van der Waals surface area contributed by atoms with Crippen LogP contribution in [0.4, 0.5) is 17.1 Å². The number of fused-ring (bicyclic) bond motifs is 1. The van der Waals surface area contributed by atoms with Crippen LogP contribution in [-0.4, -0.2) is 21.6 Å². The summed E-state index contributed by atoms with van der Waals surface area (Å²) in [6, 6.07) is 50.5. The Bertz CT molecular complexity index is 2760. The Morgan fingerprint density at radius 2 is 0.877 bits per heavy atom. The van der Waals surface area contributed by atoms with Crippen molar-refractivity contribution in [3.05, 3.63) is 210 Å². The summed E-state index contributed by atoms with van der Waals surface area (Å²) in [5.41, 5.74) is 6.76. The molecule has 0 fully saturated rings. The molecular weight excluding hydrogens is 963 g/mol. The summed E-state index contributed by atoms with van der Waals surface area (Å²) < 4.78 is 5.95. The van der Waals surface area contributed by atoms with Crippen LogP contribution >= 0.6 is 81.4 Å². The molecule has 0 aromatic heterocycles. The Labute approximate surface area is 412 Å². The van der Waals surface area contributed by atoms with Crippen molar-refractivity contribution in [2.45, 2.75) is 31.1 Å². The number of anilines is 3. The van der Waals surface area contributed by atoms with E-state index < -0.39 is 0 Å². The van der Waals surface area contributed by atoms with Gasteiger partial charge in [-0.05, 0) is 88.3 Å². The largest absolute Gasteiger partial charge is 0.505 e. The molecule has 8 aromatic carbocycles. The molecule has 0 heterocycles. The molecule has 0 atom stereocenters. The fraction of sp³-hybridized carbons (Fsp3) is 0.0980. The maximum Gasteiger partial charge on any atom is 0.152 e. The third kappa shape index (κ3) is 14.3. The predicted molar refractivity (Wildman–Crippen MR) is 276 cm³/mol. The topological polar surface area (TPSA) is 106 Å². The number of halogens is 6. The molecule has 0 amide bonds. The molecule has 0 aliphatic rings. The number of phenolic OH excluding ortho intramolecular Hbond substituents is 3. The summed E-state index contributed by atoms with van der Waals surface area (Å²) in [4.78, 5) is 1.24. The highest BCUT2D eigenvalue weighted by Gasteiger charge is 2.10. The van der Waals surface area contributed by atoms with Crippen molar-refractivity contribution in [2.24, 2.45) is 0 Å². The Hall–Kier alpha value is -5.29. The first kappa shape index (κ1) is 49.2. The van der Waals surface area contributed by atoms with Crippen molar-refractivity contribution in [1.29, 1.82) is 0 Å². The fourth-order valence-electron chi connectivity index (χ4n) is 6.32. The van der Waals surface area contributed by atoms with Gasteiger partial charge in [0.2, 0.25) is 0 Å². The van der Waals surface area contributed by atoms with Gasteiger partial charge < -0.3 is 36.0 Å². The van der Waals surface area contributed by atoms with E-state index in [0.29, 0.717) is 26.2 Å². The number of rotatable bonds is 13. The van der Waals surface area contributed by atoms with Gasteiger partial charge in [0.1, 0.15) is 12.4 Å². The van der Waals surface area contributed by atoms with Crippen molar-refractivity contribution >= 4 is 109 Å². The second-order valence-electron chi connectivity index (χ2n) is 14.3. The summed E-state index contributed by atoms with van der Waals surface area (Å²) >= 11 is 37.2. The summed E-state index contributed by atoms with van der Waals surface area (Å²) in [6.07, 6.45) is 2.05. The lowest BCUT2D eigenvalue weighted by Gasteiger charge is -2.13. The normalized spacial score (nSPS) is 10.6. The molecule has 0 aliphatic heterocycles. The number of aromatic hydroxyl groups is 3. The molecule has 65 heavy (non-hydrogen) atoms. The van der Waals surface area contributed by atoms with E-state index in [9.17, 15) is 15.3 Å². The highest BCUT2D eigenvalue weighted by Crippen LogP contribution is 2.37. The van der Waals surface area contributed by atoms with Crippen LogP contribution in [-0.2, 0) is 26.2 Å². The van der Waals surface area contributed by atoms with Crippen molar-refractivity contribution in [2.75, 3.05) is 22.2 Å². The van der Waals surface area contributed by atoms with Gasteiger partial charge in [-0.2, -0.15) is 0 Å². The third-order valence-corrected chi connectivity index (χ3v) is 12.2. The number of thioether (sulfide) groups is 1. The number of hydrogen-bond acceptors (Lipinski definition) is 8. The van der Waals surface area contributed by atoms with Crippen LogP contribution in [0.25, 0.3) is 10.8 Å². The SMILES string of the molecule is CSc1ccc(CNc2cc(Cl)c(O)c(Cl)c2)cc1.Oc1c(Cl)cc(NCc2cccc3ccccc23)cc1Cl.Oc1c(Cl)cc(NCc2ccccc2OCc2ccccc2)cc1Cl. The monoisotopic (exact) mass is 1000 g/mol. The number of ether oxygens (including phenoxy) is 1. The first-order valence-corrected chi connectivity index (χ1v) is 23.5. The molecular formula is C51H43Cl6N3O4S. The minimum absolute atomic E-state index is 0.0850. The standard InChI is InChI=1S/C20H17Cl2NO2.C17H13Cl2NO.C14H13Cl2NOS/c21-17-10-16(11-18(22)20(17)24)23-12-15-8-4-5-9-19(15)25-13-14-6-2-1-3-7-14;18-15-8-13(9-16(19)17(15)21)20-10-12-6-3-5-11-4-1-2-7-14(11)12;1-19-11-4-2-9(3-5-11)8-17-10-6-12(15)14(18)13(16)7-10/h1-11,23-24H,12-13H2;1-9,20-21H,10H2;2-7,17-18H,8H2,1H3. The molecule has 8 rings (SSSR count). The molecule has 7 nitrogen and oxygen atoms in total. The first-order chi connectivity index (χ1) is 31.4. The van der Waals surface area contributed by atoms with Crippen LogP contribution in [0.2, 0.25) is 30.1 Å². The van der Waals surface area contributed by atoms with Crippen LogP contribution in [0.3, 0.4) is 0 Å². The molecule has 0 spiro atoms. The molecule has 0 unspecified atom stereocenters. The second kappa shape index (κ2) is 24.3. The molecule has 14 heteroatoms. The Morgan fingerprint density at radius 1 is 0.446 bits per heavy atom. The number of phenols is 3. The van der Waals surface area contributed by atoms with Gasteiger partial charge in [-0.25, -0.2) is 0 Å². The Balaban J connectivity index is 0.000000163.